The number of nitrogens with one attached hydrogen (secondary N) is 2. The van der Waals surface area contributed by atoms with Gasteiger partial charge in [-0.25, -0.2) is 9.97 Å². The number of pyridine rings is 1. The minimum atomic E-state index is -0.256. The van der Waals surface area contributed by atoms with Gasteiger partial charge in [0.25, 0.3) is 5.91 Å². The highest BCUT2D eigenvalue weighted by atomic mass is 79.9. The van der Waals surface area contributed by atoms with Gasteiger partial charge in [-0.2, -0.15) is 0 Å². The first kappa shape index (κ1) is 12.8. The molecule has 2 heterocycles. The highest BCUT2D eigenvalue weighted by Crippen LogP contribution is 2.19. The highest BCUT2D eigenvalue weighted by Gasteiger charge is 2.11. The minimum absolute atomic E-state index is 0.256. The van der Waals surface area contributed by atoms with E-state index in [-0.39, 0.29) is 5.91 Å². The van der Waals surface area contributed by atoms with Crippen LogP contribution in [0, 0.1) is 6.92 Å². The zero-order chi connectivity index (χ0) is 14.1. The molecule has 0 saturated carbocycles. The number of anilines is 1. The average molecular weight is 331 g/mol. The van der Waals surface area contributed by atoms with Gasteiger partial charge in [-0.15, -0.1) is 0 Å². The van der Waals surface area contributed by atoms with Gasteiger partial charge >= 0.3 is 0 Å². The predicted molar refractivity (Wildman–Crippen MR) is 80.7 cm³/mol. The van der Waals surface area contributed by atoms with Crippen LogP contribution in [0.3, 0.4) is 0 Å². The standard InChI is InChI=1S/C14H11BrN4O/c1-8-17-11-5-4-9(7-12(11)18-8)19-14(20)13-10(15)3-2-6-16-13/h2-7H,1H3,(H,17,18)(H,19,20). The lowest BCUT2D eigenvalue weighted by molar-refractivity contribution is 0.102. The summed E-state index contributed by atoms with van der Waals surface area (Å²) >= 11 is 3.31. The zero-order valence-electron chi connectivity index (χ0n) is 10.6. The van der Waals surface area contributed by atoms with Gasteiger partial charge in [0.05, 0.1) is 11.0 Å². The van der Waals surface area contributed by atoms with Crippen LogP contribution >= 0.6 is 15.9 Å². The van der Waals surface area contributed by atoms with Crippen LogP contribution in [0.2, 0.25) is 0 Å². The summed E-state index contributed by atoms with van der Waals surface area (Å²) in [5, 5.41) is 2.82. The van der Waals surface area contributed by atoms with Gasteiger partial charge in [0, 0.05) is 16.4 Å². The van der Waals surface area contributed by atoms with Crippen LogP contribution in [0.15, 0.2) is 41.0 Å². The molecule has 0 atom stereocenters. The molecule has 2 N–H and O–H groups in total. The van der Waals surface area contributed by atoms with E-state index in [1.54, 1.807) is 18.3 Å². The fourth-order valence-corrected chi connectivity index (χ4v) is 2.39. The SMILES string of the molecule is Cc1nc2ccc(NC(=O)c3ncccc3Br)cc2[nH]1. The summed E-state index contributed by atoms with van der Waals surface area (Å²) in [5.74, 6) is 0.587. The number of aryl methyl sites for hydroxylation is 1. The number of aromatic amines is 1. The number of amides is 1. The summed E-state index contributed by atoms with van der Waals surface area (Å²) < 4.78 is 0.663. The summed E-state index contributed by atoms with van der Waals surface area (Å²) in [5.41, 5.74) is 2.82. The first-order valence-corrected chi connectivity index (χ1v) is 6.81. The van der Waals surface area contributed by atoms with Gasteiger partial charge in [-0.3, -0.25) is 4.79 Å². The van der Waals surface area contributed by atoms with Crippen molar-refractivity contribution in [2.75, 3.05) is 5.32 Å². The van der Waals surface area contributed by atoms with Crippen LogP contribution in [0.1, 0.15) is 16.3 Å². The number of carbonyl (C=O) groups excluding carboxylic acids is 1. The summed E-state index contributed by atoms with van der Waals surface area (Å²) in [4.78, 5) is 23.7. The maximum absolute atomic E-state index is 12.1. The molecule has 0 fully saturated rings. The number of halogens is 1. The number of imidazole rings is 1. The largest absolute Gasteiger partial charge is 0.342 e. The number of hydrogen-bond donors (Lipinski definition) is 2. The molecule has 0 radical (unpaired) electrons. The van der Waals surface area contributed by atoms with E-state index < -0.39 is 0 Å². The Kier molecular flexibility index (Phi) is 3.23. The van der Waals surface area contributed by atoms with Gasteiger partial charge in [-0.1, -0.05) is 0 Å². The van der Waals surface area contributed by atoms with Crippen molar-refractivity contribution in [3.05, 3.63) is 52.5 Å². The Labute approximate surface area is 123 Å². The van der Waals surface area contributed by atoms with E-state index in [0.717, 1.165) is 16.9 Å². The molecule has 100 valence electrons. The van der Waals surface area contributed by atoms with Crippen molar-refractivity contribution in [1.82, 2.24) is 15.0 Å². The fourth-order valence-electron chi connectivity index (χ4n) is 1.96. The van der Waals surface area contributed by atoms with Gasteiger partial charge in [-0.05, 0) is 53.2 Å². The molecule has 5 nitrogen and oxygen atoms in total. The first-order valence-electron chi connectivity index (χ1n) is 6.02. The van der Waals surface area contributed by atoms with Crippen LogP contribution in [0.4, 0.5) is 5.69 Å². The van der Waals surface area contributed by atoms with Crippen molar-refractivity contribution < 1.29 is 4.79 Å². The third-order valence-electron chi connectivity index (χ3n) is 2.83. The third-order valence-corrected chi connectivity index (χ3v) is 3.47. The average Bonchev–Trinajstić information content (AvgIpc) is 2.78. The molecule has 2 aromatic heterocycles. The second-order valence-corrected chi connectivity index (χ2v) is 5.20. The van der Waals surface area contributed by atoms with Crippen molar-refractivity contribution in [3.63, 3.8) is 0 Å². The van der Waals surface area contributed by atoms with Crippen molar-refractivity contribution in [2.24, 2.45) is 0 Å². The summed E-state index contributed by atoms with van der Waals surface area (Å²) in [7, 11) is 0. The number of nitrogens with zero attached hydrogens (tertiary/aromatic N) is 2. The number of aromatic nitrogens is 3. The smallest absolute Gasteiger partial charge is 0.275 e. The Balaban J connectivity index is 1.89. The van der Waals surface area contributed by atoms with Crippen LogP contribution < -0.4 is 5.32 Å². The van der Waals surface area contributed by atoms with E-state index in [1.807, 2.05) is 25.1 Å². The van der Waals surface area contributed by atoms with Crippen molar-refractivity contribution >= 4 is 38.6 Å². The molecular formula is C14H11BrN4O. The number of fused-ring (bicyclic) bond motifs is 1. The van der Waals surface area contributed by atoms with Crippen molar-refractivity contribution in [2.45, 2.75) is 6.92 Å². The van der Waals surface area contributed by atoms with Gasteiger partial charge in [0.2, 0.25) is 0 Å². The molecule has 1 aromatic carbocycles. The molecule has 0 unspecified atom stereocenters. The Morgan fingerprint density at radius 1 is 1.35 bits per heavy atom. The lowest BCUT2D eigenvalue weighted by Gasteiger charge is -2.05. The molecule has 0 aliphatic rings. The molecule has 3 aromatic rings. The van der Waals surface area contributed by atoms with E-state index in [0.29, 0.717) is 15.9 Å². The van der Waals surface area contributed by atoms with E-state index >= 15 is 0 Å². The molecule has 0 aliphatic carbocycles. The van der Waals surface area contributed by atoms with Crippen LogP contribution in [0.25, 0.3) is 11.0 Å². The Bertz CT molecular complexity index is 797. The first-order chi connectivity index (χ1) is 9.63. The second-order valence-electron chi connectivity index (χ2n) is 4.34. The Hall–Kier alpha value is -2.21. The monoisotopic (exact) mass is 330 g/mol. The topological polar surface area (TPSA) is 70.7 Å². The molecule has 6 heteroatoms. The van der Waals surface area contributed by atoms with Gasteiger partial charge in [0.15, 0.2) is 0 Å². The maximum Gasteiger partial charge on any atom is 0.275 e. The molecule has 1 amide bonds. The quantitative estimate of drug-likeness (QED) is 0.757. The normalized spacial score (nSPS) is 10.7. The molecule has 3 rings (SSSR count). The van der Waals surface area contributed by atoms with E-state index in [1.165, 1.54) is 0 Å². The Morgan fingerprint density at radius 2 is 2.20 bits per heavy atom. The fraction of sp³-hybridized carbons (Fsp3) is 0.0714. The summed E-state index contributed by atoms with van der Waals surface area (Å²) in [6, 6.07) is 9.08. The summed E-state index contributed by atoms with van der Waals surface area (Å²) in [6.45, 7) is 1.89. The van der Waals surface area contributed by atoms with Gasteiger partial charge < -0.3 is 10.3 Å². The maximum atomic E-state index is 12.1. The molecule has 0 saturated heterocycles. The lowest BCUT2D eigenvalue weighted by atomic mass is 10.2. The summed E-state index contributed by atoms with van der Waals surface area (Å²) in [6.07, 6.45) is 1.58. The molecular weight excluding hydrogens is 320 g/mol. The van der Waals surface area contributed by atoms with Crippen LogP contribution in [-0.4, -0.2) is 20.9 Å². The van der Waals surface area contributed by atoms with Crippen molar-refractivity contribution in [3.8, 4) is 0 Å². The number of hydrogen-bond acceptors (Lipinski definition) is 3. The lowest BCUT2D eigenvalue weighted by Crippen LogP contribution is -2.14. The molecule has 0 bridgehead atoms. The van der Waals surface area contributed by atoms with Crippen LogP contribution in [0.5, 0.6) is 0 Å². The Morgan fingerprint density at radius 3 is 3.00 bits per heavy atom. The molecule has 0 aliphatic heterocycles. The molecule has 20 heavy (non-hydrogen) atoms. The number of H-pyrrole nitrogens is 1. The van der Waals surface area contributed by atoms with Gasteiger partial charge in [0.1, 0.15) is 11.5 Å². The van der Waals surface area contributed by atoms with E-state index in [2.05, 4.69) is 36.2 Å². The van der Waals surface area contributed by atoms with Crippen molar-refractivity contribution in [1.29, 1.82) is 0 Å². The predicted octanol–water partition coefficient (Wildman–Crippen LogP) is 3.28. The van der Waals surface area contributed by atoms with Crippen LogP contribution in [-0.2, 0) is 0 Å². The highest BCUT2D eigenvalue weighted by molar-refractivity contribution is 9.10. The number of carbonyl (C=O) groups is 1. The number of benzene rings is 1. The third kappa shape index (κ3) is 2.42. The van der Waals surface area contributed by atoms with E-state index in [4.69, 9.17) is 0 Å². The minimum Gasteiger partial charge on any atom is -0.342 e. The zero-order valence-corrected chi connectivity index (χ0v) is 12.2. The van der Waals surface area contributed by atoms with E-state index in [9.17, 15) is 4.79 Å². The number of rotatable bonds is 2. The second kappa shape index (κ2) is 5.05. The molecule has 0 spiro atoms.